The highest BCUT2D eigenvalue weighted by Crippen LogP contribution is 2.34. The van der Waals surface area contributed by atoms with Gasteiger partial charge in [0.15, 0.2) is 0 Å². The summed E-state index contributed by atoms with van der Waals surface area (Å²) in [5.41, 5.74) is 2.02. The number of aromatic hydroxyl groups is 1. The molecule has 0 saturated carbocycles. The van der Waals surface area contributed by atoms with Gasteiger partial charge in [0.1, 0.15) is 5.75 Å². The van der Waals surface area contributed by atoms with Crippen molar-refractivity contribution in [1.29, 1.82) is 0 Å². The molecule has 3 aliphatic heterocycles. The number of amides is 1. The van der Waals surface area contributed by atoms with Gasteiger partial charge >= 0.3 is 0 Å². The smallest absolute Gasteiger partial charge is 0.244 e. The van der Waals surface area contributed by atoms with Crippen molar-refractivity contribution in [2.45, 2.75) is 31.3 Å². The monoisotopic (exact) mass is 363 g/mol. The van der Waals surface area contributed by atoms with Crippen molar-refractivity contribution in [2.75, 3.05) is 13.1 Å². The Kier molecular flexibility index (Phi) is 5.21. The summed E-state index contributed by atoms with van der Waals surface area (Å²) in [6.07, 6.45) is 10.2. The number of carbonyl (C=O) groups excluding carboxylic acids is 1. The molecular weight excluding hydrogens is 338 g/mol. The molecule has 3 saturated heterocycles. The molecule has 5 rings (SSSR count). The number of nitrogens with one attached hydrogen (secondary N) is 1. The molecule has 2 atom stereocenters. The second-order valence-corrected chi connectivity index (χ2v) is 7.47. The SMILES string of the molecule is O=C(C=Cc1cccc(O)c1)N[C@@H]1C2CCN(CC2)[C@@H]1Cc1cccnc1. The average molecular weight is 363 g/mol. The third-order valence-electron chi connectivity index (χ3n) is 5.74. The van der Waals surface area contributed by atoms with E-state index in [-0.39, 0.29) is 17.7 Å². The molecule has 3 aliphatic rings. The van der Waals surface area contributed by atoms with Crippen molar-refractivity contribution in [1.82, 2.24) is 15.2 Å². The van der Waals surface area contributed by atoms with Crippen molar-refractivity contribution in [3.8, 4) is 5.75 Å². The van der Waals surface area contributed by atoms with Gasteiger partial charge in [0, 0.05) is 30.6 Å². The molecule has 27 heavy (non-hydrogen) atoms. The zero-order chi connectivity index (χ0) is 18.6. The standard InChI is InChI=1S/C22H25N3O2/c26-19-5-1-3-16(13-19)6-7-21(27)24-22-18-8-11-25(12-9-18)20(22)14-17-4-2-10-23-15-17/h1-7,10,13,15,18,20,22,26H,8-9,11-12,14H2,(H,24,27)/t20-,22-/m1/s1. The fourth-order valence-corrected chi connectivity index (χ4v) is 4.39. The number of aromatic nitrogens is 1. The van der Waals surface area contributed by atoms with E-state index in [1.54, 1.807) is 36.5 Å². The first kappa shape index (κ1) is 17.7. The van der Waals surface area contributed by atoms with Gasteiger partial charge < -0.3 is 10.4 Å². The number of carbonyl (C=O) groups is 1. The average Bonchev–Trinajstić information content (AvgIpc) is 2.70. The third kappa shape index (κ3) is 4.19. The number of piperidine rings is 3. The molecule has 0 radical (unpaired) electrons. The molecule has 1 amide bonds. The Hall–Kier alpha value is -2.66. The zero-order valence-electron chi connectivity index (χ0n) is 15.3. The zero-order valence-corrected chi connectivity index (χ0v) is 15.3. The van der Waals surface area contributed by atoms with E-state index in [2.05, 4.69) is 21.3 Å². The topological polar surface area (TPSA) is 65.5 Å². The van der Waals surface area contributed by atoms with Crippen LogP contribution < -0.4 is 5.32 Å². The van der Waals surface area contributed by atoms with Crippen LogP contribution in [-0.4, -0.2) is 46.1 Å². The lowest BCUT2D eigenvalue weighted by molar-refractivity contribution is -0.119. The van der Waals surface area contributed by atoms with Gasteiger partial charge in [-0.1, -0.05) is 18.2 Å². The minimum atomic E-state index is -0.0757. The van der Waals surface area contributed by atoms with E-state index < -0.39 is 0 Å². The molecule has 0 unspecified atom stereocenters. The summed E-state index contributed by atoms with van der Waals surface area (Å²) >= 11 is 0. The minimum absolute atomic E-state index is 0.0757. The lowest BCUT2D eigenvalue weighted by Crippen LogP contribution is -2.64. The van der Waals surface area contributed by atoms with E-state index in [0.717, 1.165) is 37.9 Å². The number of pyridine rings is 1. The molecule has 140 valence electrons. The number of hydrogen-bond donors (Lipinski definition) is 2. The van der Waals surface area contributed by atoms with Crippen molar-refractivity contribution in [2.24, 2.45) is 5.92 Å². The number of nitrogens with zero attached hydrogens (tertiary/aromatic N) is 2. The molecule has 2 N–H and O–H groups in total. The van der Waals surface area contributed by atoms with E-state index >= 15 is 0 Å². The number of phenols is 1. The van der Waals surface area contributed by atoms with Crippen LogP contribution in [0, 0.1) is 5.92 Å². The summed E-state index contributed by atoms with van der Waals surface area (Å²) in [5.74, 6) is 0.662. The van der Waals surface area contributed by atoms with Gasteiger partial charge in [0.25, 0.3) is 0 Å². The number of rotatable bonds is 5. The molecule has 2 aromatic rings. The fourth-order valence-electron chi connectivity index (χ4n) is 4.39. The Bertz CT molecular complexity index is 813. The summed E-state index contributed by atoms with van der Waals surface area (Å²) < 4.78 is 0. The molecule has 5 nitrogen and oxygen atoms in total. The predicted molar refractivity (Wildman–Crippen MR) is 105 cm³/mol. The summed E-state index contributed by atoms with van der Waals surface area (Å²) in [5, 5.41) is 12.8. The van der Waals surface area contributed by atoms with Gasteiger partial charge in [-0.2, -0.15) is 0 Å². The maximum absolute atomic E-state index is 12.6. The molecule has 1 aromatic carbocycles. The highest BCUT2D eigenvalue weighted by atomic mass is 16.3. The summed E-state index contributed by atoms with van der Waals surface area (Å²) in [4.78, 5) is 19.3. The highest BCUT2D eigenvalue weighted by Gasteiger charge is 2.42. The van der Waals surface area contributed by atoms with E-state index in [4.69, 9.17) is 0 Å². The van der Waals surface area contributed by atoms with Crippen LogP contribution in [0.2, 0.25) is 0 Å². The molecule has 1 aromatic heterocycles. The lowest BCUT2D eigenvalue weighted by Gasteiger charge is -2.51. The normalized spacial score (nSPS) is 27.0. The fraction of sp³-hybridized carbons (Fsp3) is 0.364. The molecule has 0 spiro atoms. The molecular formula is C22H25N3O2. The van der Waals surface area contributed by atoms with Crippen LogP contribution in [0.1, 0.15) is 24.0 Å². The number of fused-ring (bicyclic) bond motifs is 3. The van der Waals surface area contributed by atoms with Crippen LogP contribution in [0.5, 0.6) is 5.75 Å². The largest absolute Gasteiger partial charge is 0.508 e. The summed E-state index contributed by atoms with van der Waals surface area (Å²) in [7, 11) is 0. The number of phenolic OH excluding ortho intramolecular Hbond substituents is 1. The predicted octanol–water partition coefficient (Wildman–Crippen LogP) is 2.62. The Morgan fingerprint density at radius 2 is 2.11 bits per heavy atom. The van der Waals surface area contributed by atoms with Gasteiger partial charge in [-0.25, -0.2) is 0 Å². The van der Waals surface area contributed by atoms with Gasteiger partial charge in [0.05, 0.1) is 0 Å². The Balaban J connectivity index is 1.45. The maximum Gasteiger partial charge on any atom is 0.244 e. The second-order valence-electron chi connectivity index (χ2n) is 7.47. The van der Waals surface area contributed by atoms with Crippen LogP contribution in [-0.2, 0) is 11.2 Å². The highest BCUT2D eigenvalue weighted by molar-refractivity contribution is 5.92. The Labute approximate surface area is 159 Å². The van der Waals surface area contributed by atoms with Crippen LogP contribution >= 0.6 is 0 Å². The summed E-state index contributed by atoms with van der Waals surface area (Å²) in [6.45, 7) is 2.22. The van der Waals surface area contributed by atoms with Gasteiger partial charge in [0.2, 0.25) is 5.91 Å². The third-order valence-corrected chi connectivity index (χ3v) is 5.74. The van der Waals surface area contributed by atoms with Gasteiger partial charge in [-0.15, -0.1) is 0 Å². The van der Waals surface area contributed by atoms with Crippen LogP contribution in [0.4, 0.5) is 0 Å². The molecule has 3 fully saturated rings. The van der Waals surface area contributed by atoms with Crippen molar-refractivity contribution in [3.05, 3.63) is 66.0 Å². The maximum atomic E-state index is 12.6. The first-order valence-electron chi connectivity index (χ1n) is 9.59. The van der Waals surface area contributed by atoms with Crippen LogP contribution in [0.15, 0.2) is 54.9 Å². The number of hydrogen-bond acceptors (Lipinski definition) is 4. The van der Waals surface area contributed by atoms with Crippen molar-refractivity contribution in [3.63, 3.8) is 0 Å². The summed E-state index contributed by atoms with van der Waals surface area (Å²) in [6, 6.07) is 11.5. The van der Waals surface area contributed by atoms with Gasteiger partial charge in [-0.05, 0) is 73.7 Å². The lowest BCUT2D eigenvalue weighted by atomic mass is 9.77. The molecule has 4 heterocycles. The minimum Gasteiger partial charge on any atom is -0.508 e. The number of benzene rings is 1. The first-order chi connectivity index (χ1) is 13.2. The molecule has 5 heteroatoms. The van der Waals surface area contributed by atoms with Crippen LogP contribution in [0.25, 0.3) is 6.08 Å². The Morgan fingerprint density at radius 3 is 2.85 bits per heavy atom. The van der Waals surface area contributed by atoms with Crippen LogP contribution in [0.3, 0.4) is 0 Å². The van der Waals surface area contributed by atoms with E-state index in [1.807, 2.05) is 18.3 Å². The quantitative estimate of drug-likeness (QED) is 0.802. The first-order valence-corrected chi connectivity index (χ1v) is 9.59. The van der Waals surface area contributed by atoms with Crippen molar-refractivity contribution >= 4 is 12.0 Å². The Morgan fingerprint density at radius 1 is 1.26 bits per heavy atom. The molecule has 2 bridgehead atoms. The van der Waals surface area contributed by atoms with Crippen molar-refractivity contribution < 1.29 is 9.90 Å². The van der Waals surface area contributed by atoms with Gasteiger partial charge in [-0.3, -0.25) is 14.7 Å². The van der Waals surface area contributed by atoms with E-state index in [9.17, 15) is 9.90 Å². The van der Waals surface area contributed by atoms with E-state index in [0.29, 0.717) is 12.0 Å². The molecule has 0 aliphatic carbocycles. The second kappa shape index (κ2) is 7.92. The van der Waals surface area contributed by atoms with E-state index in [1.165, 1.54) is 5.56 Å².